The van der Waals surface area contributed by atoms with Gasteiger partial charge in [-0.1, -0.05) is 0 Å². The van der Waals surface area contributed by atoms with Gasteiger partial charge in [0.05, 0.1) is 32.1 Å². The number of anilines is 1. The van der Waals surface area contributed by atoms with Crippen LogP contribution in [0, 0.1) is 5.82 Å². The second kappa shape index (κ2) is 5.84. The van der Waals surface area contributed by atoms with Gasteiger partial charge in [0.1, 0.15) is 18.2 Å². The maximum atomic E-state index is 13.2. The van der Waals surface area contributed by atoms with Crippen molar-refractivity contribution in [2.45, 2.75) is 0 Å². The van der Waals surface area contributed by atoms with Crippen molar-refractivity contribution in [3.63, 3.8) is 0 Å². The fraction of sp³-hybridized carbons (Fsp3) is 0.500. The molecule has 0 amide bonds. The summed E-state index contributed by atoms with van der Waals surface area (Å²) in [5, 5.41) is 8.59. The summed E-state index contributed by atoms with van der Waals surface area (Å²) in [6.45, 7) is 2.85. The predicted molar refractivity (Wildman–Crippen MR) is 62.0 cm³/mol. The summed E-state index contributed by atoms with van der Waals surface area (Å²) in [5.41, 5.74) is 0.767. The van der Waals surface area contributed by atoms with E-state index in [1.807, 2.05) is 4.90 Å². The van der Waals surface area contributed by atoms with E-state index in [0.29, 0.717) is 32.1 Å². The first-order chi connectivity index (χ1) is 8.31. The normalized spacial score (nSPS) is 14.4. The Labute approximate surface area is 99.6 Å². The molecule has 0 fully saturated rings. The standard InChI is InChI=1S/C12H16FNO3/c13-10-1-2-12-11(9-10)14(4-7-17-12)3-6-16-8-5-15/h1-2,9,15H,3-8H2. The van der Waals surface area contributed by atoms with Crippen LogP contribution < -0.4 is 9.64 Å². The van der Waals surface area contributed by atoms with E-state index in [2.05, 4.69) is 0 Å². The van der Waals surface area contributed by atoms with Crippen molar-refractivity contribution in [3.8, 4) is 5.75 Å². The van der Waals surface area contributed by atoms with Gasteiger partial charge in [0.15, 0.2) is 0 Å². The lowest BCUT2D eigenvalue weighted by molar-refractivity contribution is 0.0959. The number of hydrogen-bond donors (Lipinski definition) is 1. The molecule has 1 heterocycles. The van der Waals surface area contributed by atoms with Crippen molar-refractivity contribution in [1.82, 2.24) is 0 Å². The topological polar surface area (TPSA) is 41.9 Å². The highest BCUT2D eigenvalue weighted by atomic mass is 19.1. The third kappa shape index (κ3) is 3.08. The number of ether oxygens (including phenoxy) is 2. The first-order valence-corrected chi connectivity index (χ1v) is 5.67. The Balaban J connectivity index is 1.98. The lowest BCUT2D eigenvalue weighted by atomic mass is 10.2. The average molecular weight is 241 g/mol. The van der Waals surface area contributed by atoms with Gasteiger partial charge in [-0.05, 0) is 12.1 Å². The molecule has 0 radical (unpaired) electrons. The molecule has 1 aromatic rings. The van der Waals surface area contributed by atoms with Gasteiger partial charge in [-0.15, -0.1) is 0 Å². The van der Waals surface area contributed by atoms with Crippen molar-refractivity contribution in [3.05, 3.63) is 24.0 Å². The predicted octanol–water partition coefficient (Wildman–Crippen LogP) is 1.03. The zero-order chi connectivity index (χ0) is 12.1. The minimum Gasteiger partial charge on any atom is -0.490 e. The monoisotopic (exact) mass is 241 g/mol. The number of aliphatic hydroxyl groups is 1. The van der Waals surface area contributed by atoms with Crippen molar-refractivity contribution >= 4 is 5.69 Å². The maximum absolute atomic E-state index is 13.2. The first kappa shape index (κ1) is 12.1. The second-order valence-corrected chi connectivity index (χ2v) is 3.78. The lowest BCUT2D eigenvalue weighted by Gasteiger charge is -2.31. The molecule has 0 saturated carbocycles. The Kier molecular flexibility index (Phi) is 4.17. The van der Waals surface area contributed by atoms with Crippen LogP contribution in [0.15, 0.2) is 18.2 Å². The van der Waals surface area contributed by atoms with Crippen LogP contribution in [0.2, 0.25) is 0 Å². The van der Waals surface area contributed by atoms with Gasteiger partial charge < -0.3 is 19.5 Å². The van der Waals surface area contributed by atoms with E-state index in [-0.39, 0.29) is 12.4 Å². The van der Waals surface area contributed by atoms with E-state index in [0.717, 1.165) is 12.2 Å². The largest absolute Gasteiger partial charge is 0.490 e. The van der Waals surface area contributed by atoms with Crippen LogP contribution in [0.25, 0.3) is 0 Å². The molecule has 2 rings (SSSR count). The summed E-state index contributed by atoms with van der Waals surface area (Å²) in [6, 6.07) is 4.51. The maximum Gasteiger partial charge on any atom is 0.142 e. The summed E-state index contributed by atoms with van der Waals surface area (Å²) in [7, 11) is 0. The molecule has 1 aliphatic rings. The van der Waals surface area contributed by atoms with Gasteiger partial charge in [-0.2, -0.15) is 0 Å². The fourth-order valence-electron chi connectivity index (χ4n) is 1.82. The number of aliphatic hydroxyl groups excluding tert-OH is 1. The zero-order valence-electron chi connectivity index (χ0n) is 9.56. The molecule has 0 aliphatic carbocycles. The highest BCUT2D eigenvalue weighted by Gasteiger charge is 2.18. The van der Waals surface area contributed by atoms with E-state index in [1.54, 1.807) is 6.07 Å². The van der Waals surface area contributed by atoms with Crippen molar-refractivity contribution in [2.75, 3.05) is 44.4 Å². The van der Waals surface area contributed by atoms with Crippen LogP contribution in [-0.2, 0) is 4.74 Å². The van der Waals surface area contributed by atoms with Gasteiger partial charge in [0, 0.05) is 12.6 Å². The molecule has 0 aromatic heterocycles. The van der Waals surface area contributed by atoms with Crippen LogP contribution in [0.5, 0.6) is 5.75 Å². The minimum absolute atomic E-state index is 0.0221. The van der Waals surface area contributed by atoms with Gasteiger partial charge in [0.2, 0.25) is 0 Å². The minimum atomic E-state index is -0.268. The van der Waals surface area contributed by atoms with E-state index >= 15 is 0 Å². The zero-order valence-corrected chi connectivity index (χ0v) is 9.56. The molecule has 0 atom stereocenters. The summed E-state index contributed by atoms with van der Waals surface area (Å²) >= 11 is 0. The van der Waals surface area contributed by atoms with Gasteiger partial charge in [-0.25, -0.2) is 4.39 Å². The molecule has 1 N–H and O–H groups in total. The molecule has 0 spiro atoms. The number of nitrogens with zero attached hydrogens (tertiary/aromatic N) is 1. The Bertz CT molecular complexity index is 373. The number of benzene rings is 1. The molecule has 0 unspecified atom stereocenters. The van der Waals surface area contributed by atoms with Crippen LogP contribution in [0.4, 0.5) is 10.1 Å². The van der Waals surface area contributed by atoms with E-state index in [9.17, 15) is 4.39 Å². The third-order valence-corrected chi connectivity index (χ3v) is 2.62. The Morgan fingerprint density at radius 3 is 3.12 bits per heavy atom. The SMILES string of the molecule is OCCOCCN1CCOc2ccc(F)cc21. The molecule has 1 aliphatic heterocycles. The molecule has 0 bridgehead atoms. The molecule has 17 heavy (non-hydrogen) atoms. The fourth-order valence-corrected chi connectivity index (χ4v) is 1.82. The molecule has 0 saturated heterocycles. The molecule has 1 aromatic carbocycles. The van der Waals surface area contributed by atoms with Gasteiger partial charge >= 0.3 is 0 Å². The summed E-state index contributed by atoms with van der Waals surface area (Å²) in [4.78, 5) is 2.03. The number of halogens is 1. The van der Waals surface area contributed by atoms with Gasteiger partial charge in [-0.3, -0.25) is 0 Å². The van der Waals surface area contributed by atoms with Crippen molar-refractivity contribution in [2.24, 2.45) is 0 Å². The highest BCUT2D eigenvalue weighted by Crippen LogP contribution is 2.31. The smallest absolute Gasteiger partial charge is 0.142 e. The molecule has 94 valence electrons. The molecular weight excluding hydrogens is 225 g/mol. The second-order valence-electron chi connectivity index (χ2n) is 3.78. The highest BCUT2D eigenvalue weighted by molar-refractivity contribution is 5.59. The van der Waals surface area contributed by atoms with Crippen molar-refractivity contribution < 1.29 is 19.0 Å². The summed E-state index contributed by atoms with van der Waals surface area (Å²) in [5.74, 6) is 0.440. The number of fused-ring (bicyclic) bond motifs is 1. The van der Waals surface area contributed by atoms with Crippen LogP contribution in [-0.4, -0.2) is 44.6 Å². The first-order valence-electron chi connectivity index (χ1n) is 5.67. The Hall–Kier alpha value is -1.33. The van der Waals surface area contributed by atoms with Crippen LogP contribution >= 0.6 is 0 Å². The Morgan fingerprint density at radius 2 is 2.29 bits per heavy atom. The van der Waals surface area contributed by atoms with E-state index in [4.69, 9.17) is 14.6 Å². The third-order valence-electron chi connectivity index (χ3n) is 2.62. The molecule has 4 nitrogen and oxygen atoms in total. The van der Waals surface area contributed by atoms with Crippen LogP contribution in [0.3, 0.4) is 0 Å². The quantitative estimate of drug-likeness (QED) is 0.782. The van der Waals surface area contributed by atoms with Gasteiger partial charge in [0.25, 0.3) is 0 Å². The number of rotatable bonds is 5. The van der Waals surface area contributed by atoms with Crippen molar-refractivity contribution in [1.29, 1.82) is 0 Å². The van der Waals surface area contributed by atoms with E-state index < -0.39 is 0 Å². The average Bonchev–Trinajstić information content (AvgIpc) is 2.35. The molecular formula is C12H16FNO3. The summed E-state index contributed by atoms with van der Waals surface area (Å²) in [6.07, 6.45) is 0. The Morgan fingerprint density at radius 1 is 1.41 bits per heavy atom. The van der Waals surface area contributed by atoms with Crippen LogP contribution in [0.1, 0.15) is 0 Å². The molecule has 5 heteroatoms. The summed E-state index contributed by atoms with van der Waals surface area (Å²) < 4.78 is 23.8. The van der Waals surface area contributed by atoms with E-state index in [1.165, 1.54) is 12.1 Å². The number of hydrogen-bond acceptors (Lipinski definition) is 4. The lowest BCUT2D eigenvalue weighted by Crippen LogP contribution is -2.35.